The largest absolute Gasteiger partial charge is 0.379 e. The van der Waals surface area contributed by atoms with Crippen molar-refractivity contribution in [2.45, 2.75) is 25.8 Å². The molecule has 2 N–H and O–H groups in total. The zero-order valence-electron chi connectivity index (χ0n) is 11.1. The van der Waals surface area contributed by atoms with Gasteiger partial charge in [0.25, 0.3) is 0 Å². The topological polar surface area (TPSA) is 41.7 Å². The molecular weight excluding hydrogens is 214 g/mol. The number of nitrogens with zero attached hydrogens (tertiary/aromatic N) is 2. The van der Waals surface area contributed by atoms with Crippen LogP contribution in [0.3, 0.4) is 0 Å². The van der Waals surface area contributed by atoms with E-state index in [2.05, 4.69) is 16.7 Å². The summed E-state index contributed by atoms with van der Waals surface area (Å²) in [6, 6.07) is 0.555. The maximum absolute atomic E-state index is 5.72. The van der Waals surface area contributed by atoms with Crippen LogP contribution in [0.4, 0.5) is 0 Å². The lowest BCUT2D eigenvalue weighted by Crippen LogP contribution is -2.46. The molecule has 0 bridgehead atoms. The van der Waals surface area contributed by atoms with E-state index in [1.165, 1.54) is 32.5 Å². The third-order valence-electron chi connectivity index (χ3n) is 4.23. The zero-order chi connectivity index (χ0) is 12.1. The number of rotatable bonds is 4. The van der Waals surface area contributed by atoms with Crippen LogP contribution in [0.5, 0.6) is 0 Å². The molecule has 2 saturated heterocycles. The molecule has 0 radical (unpaired) electrons. The minimum Gasteiger partial charge on any atom is -0.379 e. The molecule has 0 aromatic rings. The van der Waals surface area contributed by atoms with Crippen LogP contribution in [0.2, 0.25) is 0 Å². The van der Waals surface area contributed by atoms with Gasteiger partial charge in [0.1, 0.15) is 0 Å². The van der Waals surface area contributed by atoms with E-state index >= 15 is 0 Å². The van der Waals surface area contributed by atoms with Crippen LogP contribution in [-0.4, -0.2) is 68.3 Å². The van der Waals surface area contributed by atoms with Gasteiger partial charge in [-0.3, -0.25) is 9.80 Å². The zero-order valence-corrected chi connectivity index (χ0v) is 11.1. The van der Waals surface area contributed by atoms with Crippen molar-refractivity contribution in [3.63, 3.8) is 0 Å². The van der Waals surface area contributed by atoms with E-state index < -0.39 is 0 Å². The van der Waals surface area contributed by atoms with E-state index in [-0.39, 0.29) is 0 Å². The summed E-state index contributed by atoms with van der Waals surface area (Å²) in [4.78, 5) is 5.10. The first-order valence-corrected chi connectivity index (χ1v) is 7.04. The first-order valence-electron chi connectivity index (χ1n) is 7.04. The molecule has 1 unspecified atom stereocenters. The fourth-order valence-corrected chi connectivity index (χ4v) is 2.87. The first-order chi connectivity index (χ1) is 8.29. The standard InChI is InChI=1S/C13H27N3O/c1-12(10-14)16-4-2-13(3-5-16)11-15-6-8-17-9-7-15/h12-13H,2-11,14H2,1H3. The SMILES string of the molecule is CC(CN)N1CCC(CN2CCOCC2)CC1. The Morgan fingerprint density at radius 3 is 2.41 bits per heavy atom. The average Bonchev–Trinajstić information content (AvgIpc) is 2.40. The fourth-order valence-electron chi connectivity index (χ4n) is 2.87. The van der Waals surface area contributed by atoms with Gasteiger partial charge >= 0.3 is 0 Å². The fraction of sp³-hybridized carbons (Fsp3) is 1.00. The number of piperidine rings is 1. The number of nitrogens with two attached hydrogens (primary N) is 1. The van der Waals surface area contributed by atoms with Crippen molar-refractivity contribution < 1.29 is 4.74 Å². The number of ether oxygens (including phenoxy) is 1. The Morgan fingerprint density at radius 1 is 1.18 bits per heavy atom. The Morgan fingerprint density at radius 2 is 1.82 bits per heavy atom. The van der Waals surface area contributed by atoms with Gasteiger partial charge in [-0.2, -0.15) is 0 Å². The summed E-state index contributed by atoms with van der Waals surface area (Å²) in [5.74, 6) is 0.884. The Labute approximate surface area is 105 Å². The van der Waals surface area contributed by atoms with Gasteiger partial charge in [0, 0.05) is 32.2 Å². The summed E-state index contributed by atoms with van der Waals surface area (Å²) in [5, 5.41) is 0. The maximum Gasteiger partial charge on any atom is 0.0594 e. The second kappa shape index (κ2) is 6.69. The second-order valence-electron chi connectivity index (χ2n) is 5.48. The van der Waals surface area contributed by atoms with Crippen LogP contribution in [0.15, 0.2) is 0 Å². The van der Waals surface area contributed by atoms with Gasteiger partial charge < -0.3 is 10.5 Å². The quantitative estimate of drug-likeness (QED) is 0.772. The number of hydrogen-bond donors (Lipinski definition) is 1. The molecule has 0 aliphatic carbocycles. The third-order valence-corrected chi connectivity index (χ3v) is 4.23. The van der Waals surface area contributed by atoms with Crippen molar-refractivity contribution in [3.05, 3.63) is 0 Å². The highest BCUT2D eigenvalue weighted by Gasteiger charge is 2.24. The molecule has 17 heavy (non-hydrogen) atoms. The Bertz CT molecular complexity index is 211. The van der Waals surface area contributed by atoms with E-state index in [1.807, 2.05) is 0 Å². The van der Waals surface area contributed by atoms with Crippen LogP contribution in [-0.2, 0) is 4.74 Å². The minimum atomic E-state index is 0.555. The monoisotopic (exact) mass is 241 g/mol. The molecule has 0 amide bonds. The van der Waals surface area contributed by atoms with Crippen molar-refractivity contribution in [3.8, 4) is 0 Å². The molecule has 2 rings (SSSR count). The van der Waals surface area contributed by atoms with Crippen LogP contribution < -0.4 is 5.73 Å². The molecule has 4 nitrogen and oxygen atoms in total. The van der Waals surface area contributed by atoms with E-state index in [0.717, 1.165) is 38.8 Å². The van der Waals surface area contributed by atoms with Gasteiger partial charge in [0.05, 0.1) is 13.2 Å². The summed E-state index contributed by atoms with van der Waals surface area (Å²) in [6.07, 6.45) is 2.67. The van der Waals surface area contributed by atoms with E-state index in [9.17, 15) is 0 Å². The van der Waals surface area contributed by atoms with Crippen molar-refractivity contribution in [1.29, 1.82) is 0 Å². The predicted octanol–water partition coefficient (Wildman–Crippen LogP) is 0.378. The second-order valence-corrected chi connectivity index (χ2v) is 5.48. The first kappa shape index (κ1) is 13.3. The van der Waals surface area contributed by atoms with E-state index in [0.29, 0.717) is 6.04 Å². The summed E-state index contributed by atoms with van der Waals surface area (Å²) in [5.41, 5.74) is 5.72. The summed E-state index contributed by atoms with van der Waals surface area (Å²) < 4.78 is 5.39. The van der Waals surface area contributed by atoms with Crippen LogP contribution in [0, 0.1) is 5.92 Å². The molecule has 2 fully saturated rings. The lowest BCUT2D eigenvalue weighted by molar-refractivity contribution is 0.0229. The highest BCUT2D eigenvalue weighted by molar-refractivity contribution is 4.79. The Hall–Kier alpha value is -0.160. The Balaban J connectivity index is 1.67. The van der Waals surface area contributed by atoms with Crippen molar-refractivity contribution >= 4 is 0 Å². The molecule has 4 heteroatoms. The molecule has 0 aromatic heterocycles. The average molecular weight is 241 g/mol. The van der Waals surface area contributed by atoms with Crippen LogP contribution >= 0.6 is 0 Å². The molecule has 2 aliphatic rings. The summed E-state index contributed by atoms with van der Waals surface area (Å²) in [7, 11) is 0. The van der Waals surface area contributed by atoms with Gasteiger partial charge in [-0.25, -0.2) is 0 Å². The predicted molar refractivity (Wildman–Crippen MR) is 70.1 cm³/mol. The number of likely N-dealkylation sites (tertiary alicyclic amines) is 1. The van der Waals surface area contributed by atoms with Gasteiger partial charge in [-0.1, -0.05) is 0 Å². The lowest BCUT2D eigenvalue weighted by atomic mass is 9.95. The van der Waals surface area contributed by atoms with Gasteiger partial charge in [-0.15, -0.1) is 0 Å². The molecule has 2 heterocycles. The smallest absolute Gasteiger partial charge is 0.0594 e. The van der Waals surface area contributed by atoms with Crippen LogP contribution in [0.25, 0.3) is 0 Å². The van der Waals surface area contributed by atoms with Gasteiger partial charge in [-0.05, 0) is 38.8 Å². The minimum absolute atomic E-state index is 0.555. The maximum atomic E-state index is 5.72. The number of hydrogen-bond acceptors (Lipinski definition) is 4. The molecule has 0 saturated carbocycles. The summed E-state index contributed by atoms with van der Waals surface area (Å²) >= 11 is 0. The van der Waals surface area contributed by atoms with Crippen molar-refractivity contribution in [1.82, 2.24) is 9.80 Å². The van der Waals surface area contributed by atoms with E-state index in [1.54, 1.807) is 0 Å². The van der Waals surface area contributed by atoms with E-state index in [4.69, 9.17) is 10.5 Å². The van der Waals surface area contributed by atoms with Crippen molar-refractivity contribution in [2.75, 3.05) is 52.5 Å². The molecular formula is C13H27N3O. The van der Waals surface area contributed by atoms with Crippen molar-refractivity contribution in [2.24, 2.45) is 11.7 Å². The van der Waals surface area contributed by atoms with Gasteiger partial charge in [0.2, 0.25) is 0 Å². The number of morpholine rings is 1. The molecule has 2 aliphatic heterocycles. The van der Waals surface area contributed by atoms with Gasteiger partial charge in [0.15, 0.2) is 0 Å². The molecule has 100 valence electrons. The highest BCUT2D eigenvalue weighted by Crippen LogP contribution is 2.20. The Kier molecular flexibility index (Phi) is 5.22. The third kappa shape index (κ3) is 3.91. The summed E-state index contributed by atoms with van der Waals surface area (Å²) in [6.45, 7) is 10.8. The van der Waals surface area contributed by atoms with Crippen LogP contribution in [0.1, 0.15) is 19.8 Å². The lowest BCUT2D eigenvalue weighted by Gasteiger charge is -2.38. The normalized spacial score (nSPS) is 27.2. The molecule has 0 spiro atoms. The molecule has 0 aromatic carbocycles. The molecule has 1 atom stereocenters. The highest BCUT2D eigenvalue weighted by atomic mass is 16.5.